The predicted octanol–water partition coefficient (Wildman–Crippen LogP) is 3.00. The molecular weight excluding hydrogens is 356 g/mol. The van der Waals surface area contributed by atoms with Crippen molar-refractivity contribution in [1.29, 1.82) is 0 Å². The largest absolute Gasteiger partial charge is 0.506 e. The fourth-order valence-electron chi connectivity index (χ4n) is 2.52. The number of phenolic OH excluding ortho intramolecular Hbond substituents is 1. The number of para-hydroxylation sites is 2. The third-order valence-electron chi connectivity index (χ3n) is 3.78. The number of carbonyl (C=O) groups is 3. The number of rotatable bonds is 5. The van der Waals surface area contributed by atoms with Gasteiger partial charge in [-0.15, -0.1) is 0 Å². The van der Waals surface area contributed by atoms with E-state index in [2.05, 4.69) is 5.32 Å². The molecule has 1 saturated heterocycles. The third-order valence-corrected chi connectivity index (χ3v) is 4.82. The number of ether oxygens (including phenoxy) is 1. The van der Waals surface area contributed by atoms with Crippen molar-refractivity contribution in [2.45, 2.75) is 11.7 Å². The second-order valence-electron chi connectivity index (χ2n) is 5.52. The number of amides is 3. The van der Waals surface area contributed by atoms with Crippen molar-refractivity contribution in [1.82, 2.24) is 0 Å². The van der Waals surface area contributed by atoms with Crippen molar-refractivity contribution < 1.29 is 24.2 Å². The molecule has 1 aliphatic rings. The summed E-state index contributed by atoms with van der Waals surface area (Å²) in [5.74, 6) is -0.465. The molecule has 8 heteroatoms. The maximum atomic E-state index is 12.6. The molecule has 2 N–H and O–H groups in total. The maximum Gasteiger partial charge on any atom is 0.293 e. The molecule has 1 atom stereocenters. The fourth-order valence-corrected chi connectivity index (χ4v) is 3.50. The Morgan fingerprint density at radius 1 is 1.23 bits per heavy atom. The molecule has 134 valence electrons. The lowest BCUT2D eigenvalue weighted by atomic mass is 10.2. The molecule has 3 rings (SSSR count). The van der Waals surface area contributed by atoms with Gasteiger partial charge in [-0.3, -0.25) is 14.4 Å². The van der Waals surface area contributed by atoms with Gasteiger partial charge in [0.25, 0.3) is 5.24 Å². The van der Waals surface area contributed by atoms with Crippen LogP contribution in [0.3, 0.4) is 0 Å². The van der Waals surface area contributed by atoms with E-state index in [1.807, 2.05) is 0 Å². The molecule has 1 aliphatic heterocycles. The van der Waals surface area contributed by atoms with E-state index in [0.717, 1.165) is 16.7 Å². The van der Waals surface area contributed by atoms with Gasteiger partial charge >= 0.3 is 0 Å². The van der Waals surface area contributed by atoms with Crippen LogP contribution in [0.5, 0.6) is 11.5 Å². The monoisotopic (exact) mass is 372 g/mol. The number of hydrogen-bond acceptors (Lipinski definition) is 6. The number of benzene rings is 2. The van der Waals surface area contributed by atoms with Gasteiger partial charge < -0.3 is 15.2 Å². The molecule has 2 aromatic carbocycles. The van der Waals surface area contributed by atoms with E-state index in [1.54, 1.807) is 42.5 Å². The topological polar surface area (TPSA) is 95.9 Å². The Morgan fingerprint density at radius 3 is 2.73 bits per heavy atom. The van der Waals surface area contributed by atoms with Gasteiger partial charge in [0.1, 0.15) is 16.7 Å². The number of methoxy groups -OCH3 is 1. The normalized spacial score (nSPS) is 16.7. The van der Waals surface area contributed by atoms with Crippen molar-refractivity contribution in [3.8, 4) is 11.5 Å². The number of aromatic hydroxyl groups is 1. The highest BCUT2D eigenvalue weighted by molar-refractivity contribution is 8.15. The van der Waals surface area contributed by atoms with E-state index in [9.17, 15) is 19.5 Å². The van der Waals surface area contributed by atoms with E-state index in [0.29, 0.717) is 11.4 Å². The van der Waals surface area contributed by atoms with Crippen molar-refractivity contribution in [2.75, 3.05) is 17.3 Å². The van der Waals surface area contributed by atoms with Crippen LogP contribution in [0, 0.1) is 0 Å². The summed E-state index contributed by atoms with van der Waals surface area (Å²) in [5.41, 5.74) is 0.652. The van der Waals surface area contributed by atoms with Gasteiger partial charge in [0.2, 0.25) is 11.8 Å². The van der Waals surface area contributed by atoms with Crippen LogP contribution in [0.2, 0.25) is 0 Å². The third kappa shape index (κ3) is 3.65. The lowest BCUT2D eigenvalue weighted by Gasteiger charge is -2.14. The zero-order chi connectivity index (χ0) is 18.7. The van der Waals surface area contributed by atoms with Crippen LogP contribution >= 0.6 is 11.8 Å². The summed E-state index contributed by atoms with van der Waals surface area (Å²) in [5, 5.41) is 11.0. The molecule has 0 spiro atoms. The first kappa shape index (κ1) is 17.8. The van der Waals surface area contributed by atoms with Crippen LogP contribution in [0.1, 0.15) is 6.42 Å². The molecule has 7 nitrogen and oxygen atoms in total. The Bertz CT molecular complexity index is 870. The van der Waals surface area contributed by atoms with Crippen LogP contribution in [0.25, 0.3) is 0 Å². The van der Waals surface area contributed by atoms with E-state index in [-0.39, 0.29) is 17.9 Å². The molecule has 3 amide bonds. The molecule has 0 aromatic heterocycles. The first-order valence-electron chi connectivity index (χ1n) is 7.76. The van der Waals surface area contributed by atoms with E-state index >= 15 is 0 Å². The zero-order valence-electron chi connectivity index (χ0n) is 13.8. The average Bonchev–Trinajstić information content (AvgIpc) is 2.90. The quantitative estimate of drug-likeness (QED) is 0.784. The second-order valence-corrected chi connectivity index (χ2v) is 6.67. The molecule has 2 aromatic rings. The summed E-state index contributed by atoms with van der Waals surface area (Å²) in [6, 6.07) is 12.9. The minimum atomic E-state index is -0.820. The summed E-state index contributed by atoms with van der Waals surface area (Å²) in [4.78, 5) is 38.1. The highest BCUT2D eigenvalue weighted by Gasteiger charge is 2.41. The molecule has 0 bridgehead atoms. The molecule has 0 radical (unpaired) electrons. The average molecular weight is 372 g/mol. The van der Waals surface area contributed by atoms with Crippen molar-refractivity contribution in [3.63, 3.8) is 0 Å². The lowest BCUT2D eigenvalue weighted by molar-refractivity contribution is -0.121. The summed E-state index contributed by atoms with van der Waals surface area (Å²) < 4.78 is 5.11. The van der Waals surface area contributed by atoms with Gasteiger partial charge in [0.05, 0.1) is 18.5 Å². The van der Waals surface area contributed by atoms with Gasteiger partial charge in [0.15, 0.2) is 0 Å². The first-order chi connectivity index (χ1) is 12.5. The Kier molecular flexibility index (Phi) is 5.13. The number of hydrogen-bond donors (Lipinski definition) is 2. The number of phenols is 1. The Morgan fingerprint density at radius 2 is 2.00 bits per heavy atom. The Labute approximate surface area is 153 Å². The summed E-state index contributed by atoms with van der Waals surface area (Å²) in [7, 11) is 1.49. The number of thioether (sulfide) groups is 1. The predicted molar refractivity (Wildman–Crippen MR) is 98.6 cm³/mol. The summed E-state index contributed by atoms with van der Waals surface area (Å²) in [6.07, 6.45) is -0.177. The Hall–Kier alpha value is -3.00. The number of nitrogens with zero attached hydrogens (tertiary/aromatic N) is 1. The van der Waals surface area contributed by atoms with Crippen molar-refractivity contribution >= 4 is 40.2 Å². The number of imide groups is 1. The first-order valence-corrected chi connectivity index (χ1v) is 8.64. The van der Waals surface area contributed by atoms with Crippen LogP contribution in [0.4, 0.5) is 16.2 Å². The number of anilines is 2. The molecule has 1 heterocycles. The summed E-state index contributed by atoms with van der Waals surface area (Å²) in [6.45, 7) is 0. The molecule has 1 unspecified atom stereocenters. The van der Waals surface area contributed by atoms with E-state index in [4.69, 9.17) is 4.74 Å². The smallest absolute Gasteiger partial charge is 0.293 e. The molecule has 0 saturated carbocycles. The minimum Gasteiger partial charge on any atom is -0.506 e. The zero-order valence-corrected chi connectivity index (χ0v) is 14.7. The fraction of sp³-hybridized carbons (Fsp3) is 0.167. The van der Waals surface area contributed by atoms with Gasteiger partial charge in [-0.1, -0.05) is 18.2 Å². The van der Waals surface area contributed by atoms with Crippen molar-refractivity contribution in [3.05, 3.63) is 48.5 Å². The van der Waals surface area contributed by atoms with E-state index < -0.39 is 22.3 Å². The number of nitrogens with one attached hydrogen (secondary N) is 1. The maximum absolute atomic E-state index is 12.6. The van der Waals surface area contributed by atoms with Gasteiger partial charge in [-0.2, -0.15) is 0 Å². The SMILES string of the molecule is COc1cccc(N2C(=O)SC(CC(=O)Nc3ccccc3O)C2=O)c1. The number of carbonyl (C=O) groups excluding carboxylic acids is 3. The standard InChI is InChI=1S/C18H16N2O5S/c1-25-12-6-4-5-11(9-12)20-17(23)15(26-18(20)24)10-16(22)19-13-7-2-3-8-14(13)21/h2-9,15,21H,10H2,1H3,(H,19,22). The van der Waals surface area contributed by atoms with Gasteiger partial charge in [-0.25, -0.2) is 4.90 Å². The molecule has 26 heavy (non-hydrogen) atoms. The van der Waals surface area contributed by atoms with Gasteiger partial charge in [0, 0.05) is 12.5 Å². The molecule has 1 fully saturated rings. The van der Waals surface area contributed by atoms with Crippen LogP contribution in [-0.4, -0.2) is 34.5 Å². The van der Waals surface area contributed by atoms with Crippen LogP contribution in [0.15, 0.2) is 48.5 Å². The molecular formula is C18H16N2O5S. The van der Waals surface area contributed by atoms with Crippen LogP contribution < -0.4 is 15.0 Å². The lowest BCUT2D eigenvalue weighted by Crippen LogP contribution is -2.32. The highest BCUT2D eigenvalue weighted by Crippen LogP contribution is 2.35. The summed E-state index contributed by atoms with van der Waals surface area (Å²) >= 11 is 0.806. The highest BCUT2D eigenvalue weighted by atomic mass is 32.2. The molecule has 0 aliphatic carbocycles. The minimum absolute atomic E-state index is 0.0691. The second kappa shape index (κ2) is 7.49. The van der Waals surface area contributed by atoms with Crippen LogP contribution in [-0.2, 0) is 9.59 Å². The van der Waals surface area contributed by atoms with E-state index in [1.165, 1.54) is 13.2 Å². The van der Waals surface area contributed by atoms with Crippen molar-refractivity contribution in [2.24, 2.45) is 0 Å². The van der Waals surface area contributed by atoms with Gasteiger partial charge in [-0.05, 0) is 36.0 Å². The Balaban J connectivity index is 1.70.